The monoisotopic (exact) mass is 483 g/mol. The van der Waals surface area contributed by atoms with Crippen LogP contribution in [0.15, 0.2) is 17.1 Å². The van der Waals surface area contributed by atoms with Crippen LogP contribution in [0.5, 0.6) is 0 Å². The van der Waals surface area contributed by atoms with Crippen molar-refractivity contribution in [3.8, 4) is 0 Å². The normalized spacial score (nSPS) is 22.8. The maximum Gasteiger partial charge on any atom is 0.392 e. The van der Waals surface area contributed by atoms with E-state index in [1.807, 2.05) is 0 Å². The minimum atomic E-state index is -4.68. The van der Waals surface area contributed by atoms with E-state index < -0.39 is 67.3 Å². The first kappa shape index (κ1) is 22.6. The largest absolute Gasteiger partial charge is 0.392 e. The van der Waals surface area contributed by atoms with Gasteiger partial charge >= 0.3 is 11.9 Å². The van der Waals surface area contributed by atoms with E-state index in [1.165, 1.54) is 0 Å². The SMILES string of the molecule is O=C(C1CC(C(F)(F)F)Cc2nn(Cc3ncc(F)cc3Cl)c(=O)n21)N1CCC(F)(F)C1. The lowest BCUT2D eigenvalue weighted by atomic mass is 9.91. The van der Waals surface area contributed by atoms with Crippen LogP contribution in [0.25, 0.3) is 0 Å². The fraction of sp³-hybridized carbons (Fsp3) is 0.556. The second-order valence-electron chi connectivity index (χ2n) is 7.87. The summed E-state index contributed by atoms with van der Waals surface area (Å²) in [4.78, 5) is 30.3. The summed E-state index contributed by atoms with van der Waals surface area (Å²) in [7, 11) is 0. The van der Waals surface area contributed by atoms with Crippen LogP contribution in [-0.2, 0) is 17.8 Å². The lowest BCUT2D eigenvalue weighted by molar-refractivity contribution is -0.183. The number of carbonyl (C=O) groups excluding carboxylic acids is 1. The van der Waals surface area contributed by atoms with Gasteiger partial charge in [-0.1, -0.05) is 11.6 Å². The summed E-state index contributed by atoms with van der Waals surface area (Å²) in [6.07, 6.45) is -5.86. The van der Waals surface area contributed by atoms with Crippen LogP contribution in [0.1, 0.15) is 30.4 Å². The van der Waals surface area contributed by atoms with Crippen molar-refractivity contribution in [1.29, 1.82) is 0 Å². The molecule has 1 fully saturated rings. The van der Waals surface area contributed by atoms with E-state index in [0.29, 0.717) is 0 Å². The lowest BCUT2D eigenvalue weighted by Gasteiger charge is -2.32. The number of alkyl halides is 5. The average molecular weight is 484 g/mol. The number of carbonyl (C=O) groups is 1. The zero-order valence-corrected chi connectivity index (χ0v) is 17.0. The van der Waals surface area contributed by atoms with Gasteiger partial charge in [-0.3, -0.25) is 14.3 Å². The molecule has 0 aromatic carbocycles. The Kier molecular flexibility index (Phi) is 5.50. The van der Waals surface area contributed by atoms with Gasteiger partial charge in [0.1, 0.15) is 17.7 Å². The van der Waals surface area contributed by atoms with Gasteiger partial charge in [0.15, 0.2) is 0 Å². The Balaban J connectivity index is 1.71. The smallest absolute Gasteiger partial charge is 0.335 e. The quantitative estimate of drug-likeness (QED) is 0.629. The van der Waals surface area contributed by atoms with E-state index in [1.54, 1.807) is 0 Å². The first-order valence-electron chi connectivity index (χ1n) is 9.57. The second-order valence-corrected chi connectivity index (χ2v) is 8.28. The molecular formula is C18H16ClF6N5O2. The number of amides is 1. The molecule has 2 aliphatic rings. The molecule has 0 radical (unpaired) electrons. The van der Waals surface area contributed by atoms with Crippen LogP contribution in [0, 0.1) is 11.7 Å². The Morgan fingerprint density at radius 2 is 2.03 bits per heavy atom. The first-order chi connectivity index (χ1) is 14.9. The molecule has 4 heterocycles. The van der Waals surface area contributed by atoms with Crippen molar-refractivity contribution in [2.45, 2.75) is 43.9 Å². The molecule has 2 atom stereocenters. The minimum Gasteiger partial charge on any atom is -0.335 e. The molecule has 2 aromatic rings. The number of hydrogen-bond acceptors (Lipinski definition) is 4. The average Bonchev–Trinajstić information content (AvgIpc) is 3.21. The fourth-order valence-corrected chi connectivity index (χ4v) is 4.21. The van der Waals surface area contributed by atoms with Crippen LogP contribution >= 0.6 is 11.6 Å². The highest BCUT2D eigenvalue weighted by Crippen LogP contribution is 2.40. The summed E-state index contributed by atoms with van der Waals surface area (Å²) in [6, 6.07) is -0.679. The third-order valence-corrected chi connectivity index (χ3v) is 5.93. The maximum absolute atomic E-state index is 13.6. The molecule has 2 unspecified atom stereocenters. The molecule has 2 aromatic heterocycles. The third-order valence-electron chi connectivity index (χ3n) is 5.60. The van der Waals surface area contributed by atoms with Gasteiger partial charge in [-0.15, -0.1) is 0 Å². The Labute approximate surface area is 181 Å². The lowest BCUT2D eigenvalue weighted by Crippen LogP contribution is -2.46. The predicted molar refractivity (Wildman–Crippen MR) is 97.8 cm³/mol. The first-order valence-corrected chi connectivity index (χ1v) is 9.95. The van der Waals surface area contributed by atoms with E-state index in [4.69, 9.17) is 11.6 Å². The van der Waals surface area contributed by atoms with Crippen molar-refractivity contribution in [2.24, 2.45) is 5.92 Å². The highest BCUT2D eigenvalue weighted by atomic mass is 35.5. The Morgan fingerprint density at radius 3 is 2.62 bits per heavy atom. The molecule has 0 bridgehead atoms. The van der Waals surface area contributed by atoms with Gasteiger partial charge in [-0.2, -0.15) is 18.3 Å². The summed E-state index contributed by atoms with van der Waals surface area (Å²) in [5.41, 5.74) is -0.868. The highest BCUT2D eigenvalue weighted by Gasteiger charge is 2.50. The number of pyridine rings is 1. The molecule has 14 heteroatoms. The molecule has 1 amide bonds. The second kappa shape index (κ2) is 7.78. The van der Waals surface area contributed by atoms with Crippen LogP contribution < -0.4 is 5.69 Å². The van der Waals surface area contributed by atoms with Crippen molar-refractivity contribution in [1.82, 2.24) is 24.2 Å². The van der Waals surface area contributed by atoms with Gasteiger partial charge < -0.3 is 4.90 Å². The minimum absolute atomic E-state index is 0.0417. The zero-order valence-electron chi connectivity index (χ0n) is 16.3. The fourth-order valence-electron chi connectivity index (χ4n) is 4.00. The molecule has 7 nitrogen and oxygen atoms in total. The summed E-state index contributed by atoms with van der Waals surface area (Å²) >= 11 is 5.90. The van der Waals surface area contributed by atoms with Gasteiger partial charge in [0.25, 0.3) is 5.92 Å². The standard InChI is InChI=1S/C18H16ClF6N5O2/c19-11-5-10(20)6-26-12(11)7-29-16(32)30-13(15(31)28-2-1-17(21,22)8-28)3-9(18(23,24)25)4-14(30)27-29/h5-6,9,13H,1-4,7-8H2. The molecule has 0 N–H and O–H groups in total. The molecule has 0 aliphatic carbocycles. The molecule has 4 rings (SSSR count). The van der Waals surface area contributed by atoms with Gasteiger partial charge in [0.05, 0.1) is 35.9 Å². The highest BCUT2D eigenvalue weighted by molar-refractivity contribution is 6.31. The van der Waals surface area contributed by atoms with Crippen LogP contribution in [-0.4, -0.2) is 55.3 Å². The molecule has 2 aliphatic heterocycles. The summed E-state index contributed by atoms with van der Waals surface area (Å²) < 4.78 is 82.4. The van der Waals surface area contributed by atoms with E-state index in [2.05, 4.69) is 10.1 Å². The summed E-state index contributed by atoms with van der Waals surface area (Å²) in [5.74, 6) is -7.13. The third kappa shape index (κ3) is 4.21. The van der Waals surface area contributed by atoms with Gasteiger partial charge in [-0.25, -0.2) is 22.6 Å². The number of fused-ring (bicyclic) bond motifs is 1. The number of rotatable bonds is 3. The van der Waals surface area contributed by atoms with E-state index in [9.17, 15) is 35.9 Å². The number of aromatic nitrogens is 4. The Hall–Kier alpha value is -2.57. The molecule has 174 valence electrons. The molecule has 32 heavy (non-hydrogen) atoms. The van der Waals surface area contributed by atoms with Gasteiger partial charge in [0, 0.05) is 19.4 Å². The van der Waals surface area contributed by atoms with Crippen LogP contribution in [0.2, 0.25) is 5.02 Å². The number of halogens is 7. The molecule has 0 saturated carbocycles. The van der Waals surface area contributed by atoms with E-state index in [0.717, 1.165) is 26.4 Å². The molecular weight excluding hydrogens is 468 g/mol. The molecule has 0 spiro atoms. The van der Waals surface area contributed by atoms with Crippen molar-refractivity contribution < 1.29 is 31.1 Å². The van der Waals surface area contributed by atoms with Crippen LogP contribution in [0.4, 0.5) is 26.3 Å². The van der Waals surface area contributed by atoms with Crippen molar-refractivity contribution >= 4 is 17.5 Å². The van der Waals surface area contributed by atoms with Crippen molar-refractivity contribution in [3.63, 3.8) is 0 Å². The summed E-state index contributed by atoms with van der Waals surface area (Å²) in [6.45, 7) is -1.63. The van der Waals surface area contributed by atoms with Crippen LogP contribution in [0.3, 0.4) is 0 Å². The maximum atomic E-state index is 13.6. The van der Waals surface area contributed by atoms with Crippen molar-refractivity contribution in [3.05, 3.63) is 45.1 Å². The Bertz CT molecular complexity index is 1110. The number of nitrogens with zero attached hydrogens (tertiary/aromatic N) is 5. The zero-order chi connectivity index (χ0) is 23.4. The topological polar surface area (TPSA) is 73.0 Å². The van der Waals surface area contributed by atoms with Gasteiger partial charge in [-0.05, 0) is 12.5 Å². The van der Waals surface area contributed by atoms with E-state index >= 15 is 0 Å². The van der Waals surface area contributed by atoms with Gasteiger partial charge in [0.2, 0.25) is 5.91 Å². The number of likely N-dealkylation sites (tertiary alicyclic amines) is 1. The van der Waals surface area contributed by atoms with E-state index in [-0.39, 0.29) is 29.6 Å². The predicted octanol–water partition coefficient (Wildman–Crippen LogP) is 2.81. The summed E-state index contributed by atoms with van der Waals surface area (Å²) in [5, 5.41) is 3.79. The van der Waals surface area contributed by atoms with Crippen molar-refractivity contribution in [2.75, 3.05) is 13.1 Å². The Morgan fingerprint density at radius 1 is 1.31 bits per heavy atom. The molecule has 1 saturated heterocycles. The number of hydrogen-bond donors (Lipinski definition) is 0.